The molecule has 0 spiro atoms. The van der Waals surface area contributed by atoms with E-state index in [1.54, 1.807) is 0 Å². The maximum Gasteiger partial charge on any atom is 0.306 e. The number of rotatable bonds is 69. The molecule has 6 nitrogen and oxygen atoms in total. The summed E-state index contributed by atoms with van der Waals surface area (Å²) >= 11 is 0. The lowest BCUT2D eigenvalue weighted by Crippen LogP contribution is -2.30. The first-order valence-corrected chi connectivity index (χ1v) is 37.0. The Hall–Kier alpha value is -2.37. The third-order valence-corrected chi connectivity index (χ3v) is 16.9. The zero-order chi connectivity index (χ0) is 59.2. The highest BCUT2D eigenvalue weighted by molar-refractivity contribution is 5.71. The van der Waals surface area contributed by atoms with Crippen LogP contribution in [0, 0.1) is 0 Å². The first-order valence-electron chi connectivity index (χ1n) is 37.0. The molecule has 1 atom stereocenters. The van der Waals surface area contributed by atoms with Crippen molar-refractivity contribution in [2.24, 2.45) is 0 Å². The average molecular weight is 1150 g/mol. The van der Waals surface area contributed by atoms with Crippen LogP contribution >= 0.6 is 0 Å². The van der Waals surface area contributed by atoms with E-state index in [2.05, 4.69) is 57.2 Å². The summed E-state index contributed by atoms with van der Waals surface area (Å²) in [6, 6.07) is 0. The minimum Gasteiger partial charge on any atom is -0.462 e. The topological polar surface area (TPSA) is 78.9 Å². The number of carbonyl (C=O) groups excluding carboxylic acids is 3. The summed E-state index contributed by atoms with van der Waals surface area (Å²) in [7, 11) is 0. The van der Waals surface area contributed by atoms with Crippen molar-refractivity contribution in [3.05, 3.63) is 36.5 Å². The second kappa shape index (κ2) is 71.1. The summed E-state index contributed by atoms with van der Waals surface area (Å²) in [5.74, 6) is -0.861. The van der Waals surface area contributed by atoms with Crippen LogP contribution in [0.15, 0.2) is 36.5 Å². The Morgan fingerprint density at radius 1 is 0.244 bits per heavy atom. The van der Waals surface area contributed by atoms with Gasteiger partial charge >= 0.3 is 17.9 Å². The molecule has 82 heavy (non-hydrogen) atoms. The van der Waals surface area contributed by atoms with Crippen LogP contribution in [-0.4, -0.2) is 37.2 Å². The fraction of sp³-hybridized carbons (Fsp3) is 0.882. The predicted molar refractivity (Wildman–Crippen MR) is 358 cm³/mol. The summed E-state index contributed by atoms with van der Waals surface area (Å²) in [6.45, 7) is 6.69. The Morgan fingerprint density at radius 3 is 0.695 bits per heavy atom. The number of hydrogen-bond acceptors (Lipinski definition) is 6. The van der Waals surface area contributed by atoms with Crippen LogP contribution in [-0.2, 0) is 28.6 Å². The largest absolute Gasteiger partial charge is 0.462 e. The molecule has 0 aliphatic carbocycles. The highest BCUT2D eigenvalue weighted by atomic mass is 16.6. The van der Waals surface area contributed by atoms with Crippen molar-refractivity contribution in [1.29, 1.82) is 0 Å². The summed E-state index contributed by atoms with van der Waals surface area (Å²) < 4.78 is 17.0. The molecule has 0 aliphatic heterocycles. The first kappa shape index (κ1) is 79.6. The van der Waals surface area contributed by atoms with Gasteiger partial charge in [-0.25, -0.2) is 0 Å². The smallest absolute Gasteiger partial charge is 0.306 e. The van der Waals surface area contributed by atoms with E-state index in [1.165, 1.54) is 295 Å². The zero-order valence-corrected chi connectivity index (χ0v) is 55.5. The molecule has 1 unspecified atom stereocenters. The molecule has 0 N–H and O–H groups in total. The Morgan fingerprint density at radius 2 is 0.439 bits per heavy atom. The van der Waals surface area contributed by atoms with Crippen molar-refractivity contribution in [2.75, 3.05) is 13.2 Å². The highest BCUT2D eigenvalue weighted by Gasteiger charge is 2.19. The SMILES string of the molecule is CCCCCC/C=C\C/C=C\CCCCCCCCCC(=O)OC(COC(=O)CCCCCCC/C=C\CCCCCCCCC)COC(=O)CCCCCCCCCCCCCCCCCCCCCCCCCCCCCCCC. The van der Waals surface area contributed by atoms with E-state index in [-0.39, 0.29) is 31.1 Å². The molecule has 0 amide bonds. The van der Waals surface area contributed by atoms with E-state index in [4.69, 9.17) is 14.2 Å². The highest BCUT2D eigenvalue weighted by Crippen LogP contribution is 2.19. The van der Waals surface area contributed by atoms with Gasteiger partial charge in [0.25, 0.3) is 0 Å². The summed E-state index contributed by atoms with van der Waals surface area (Å²) in [6.07, 6.45) is 89.0. The molecule has 0 aromatic carbocycles. The van der Waals surface area contributed by atoms with Gasteiger partial charge in [0, 0.05) is 19.3 Å². The van der Waals surface area contributed by atoms with E-state index >= 15 is 0 Å². The number of unbranched alkanes of at least 4 members (excludes halogenated alkanes) is 52. The minimum atomic E-state index is -0.779. The summed E-state index contributed by atoms with van der Waals surface area (Å²) in [4.78, 5) is 38.5. The van der Waals surface area contributed by atoms with E-state index in [1.807, 2.05) is 0 Å². The molecule has 0 heterocycles. The van der Waals surface area contributed by atoms with Crippen molar-refractivity contribution in [2.45, 2.75) is 419 Å². The van der Waals surface area contributed by atoms with Crippen LogP contribution in [0.1, 0.15) is 412 Å². The van der Waals surface area contributed by atoms with Crippen LogP contribution in [0.5, 0.6) is 0 Å². The van der Waals surface area contributed by atoms with Gasteiger partial charge in [0.15, 0.2) is 6.10 Å². The van der Waals surface area contributed by atoms with E-state index in [9.17, 15) is 14.4 Å². The van der Waals surface area contributed by atoms with Gasteiger partial charge in [0.2, 0.25) is 0 Å². The Kier molecular flexibility index (Phi) is 69.1. The molecule has 0 aromatic heterocycles. The fourth-order valence-corrected chi connectivity index (χ4v) is 11.3. The summed E-state index contributed by atoms with van der Waals surface area (Å²) in [5.41, 5.74) is 0. The molecular weight excluding hydrogens is 1010 g/mol. The second-order valence-electron chi connectivity index (χ2n) is 25.2. The lowest BCUT2D eigenvalue weighted by atomic mass is 10.0. The lowest BCUT2D eigenvalue weighted by Gasteiger charge is -2.18. The lowest BCUT2D eigenvalue weighted by molar-refractivity contribution is -0.167. The molecule has 0 bridgehead atoms. The second-order valence-corrected chi connectivity index (χ2v) is 25.2. The van der Waals surface area contributed by atoms with Gasteiger partial charge in [0.05, 0.1) is 0 Å². The summed E-state index contributed by atoms with van der Waals surface area (Å²) in [5, 5.41) is 0. The average Bonchev–Trinajstić information content (AvgIpc) is 3.47. The van der Waals surface area contributed by atoms with Crippen molar-refractivity contribution in [3.8, 4) is 0 Å². The number of hydrogen-bond donors (Lipinski definition) is 0. The van der Waals surface area contributed by atoms with Crippen molar-refractivity contribution < 1.29 is 28.6 Å². The molecule has 0 saturated heterocycles. The van der Waals surface area contributed by atoms with Crippen molar-refractivity contribution in [3.63, 3.8) is 0 Å². The molecule has 0 aliphatic rings. The minimum absolute atomic E-state index is 0.0735. The third-order valence-electron chi connectivity index (χ3n) is 16.9. The van der Waals surface area contributed by atoms with Gasteiger partial charge in [-0.1, -0.05) is 353 Å². The van der Waals surface area contributed by atoms with Crippen LogP contribution in [0.2, 0.25) is 0 Å². The molecule has 0 fully saturated rings. The van der Waals surface area contributed by atoms with Gasteiger partial charge < -0.3 is 14.2 Å². The first-order chi connectivity index (χ1) is 40.5. The molecule has 0 saturated carbocycles. The Bertz CT molecular complexity index is 1370. The number of carbonyl (C=O) groups is 3. The van der Waals surface area contributed by atoms with Gasteiger partial charge in [0.1, 0.15) is 13.2 Å². The van der Waals surface area contributed by atoms with E-state index < -0.39 is 6.10 Å². The number of esters is 3. The molecule has 0 aromatic rings. The van der Waals surface area contributed by atoms with Crippen LogP contribution < -0.4 is 0 Å². The normalized spacial score (nSPS) is 12.2. The van der Waals surface area contributed by atoms with Gasteiger partial charge in [-0.15, -0.1) is 0 Å². The Balaban J connectivity index is 4.20. The van der Waals surface area contributed by atoms with E-state index in [0.29, 0.717) is 19.3 Å². The van der Waals surface area contributed by atoms with Gasteiger partial charge in [-0.3, -0.25) is 14.4 Å². The molecule has 0 rings (SSSR count). The molecule has 0 radical (unpaired) electrons. The number of allylic oxidation sites excluding steroid dienone is 6. The monoisotopic (exact) mass is 1150 g/mol. The predicted octanol–water partition coefficient (Wildman–Crippen LogP) is 25.5. The van der Waals surface area contributed by atoms with Crippen LogP contribution in [0.3, 0.4) is 0 Å². The van der Waals surface area contributed by atoms with Crippen molar-refractivity contribution >= 4 is 17.9 Å². The molecule has 482 valence electrons. The van der Waals surface area contributed by atoms with Crippen LogP contribution in [0.4, 0.5) is 0 Å². The van der Waals surface area contributed by atoms with Crippen LogP contribution in [0.25, 0.3) is 0 Å². The third kappa shape index (κ3) is 68.4. The standard InChI is InChI=1S/C76H142O6/c1-4-7-10-13-16-19-22-25-28-31-33-34-35-36-37-38-39-40-41-42-43-44-46-48-51-54-57-60-63-66-69-75(78)81-72-73(71-80-74(77)68-65-62-59-56-53-50-47-30-27-24-21-18-15-12-9-6-3)82-76(79)70-67-64-61-58-55-52-49-45-32-29-26-23-20-17-14-11-8-5-2/h20,23,29-30,32,47,73H,4-19,21-22,24-28,31,33-46,48-72H2,1-3H3/b23-20-,32-29-,47-30-. The van der Waals surface area contributed by atoms with Gasteiger partial charge in [-0.2, -0.15) is 0 Å². The molecular formula is C76H142O6. The van der Waals surface area contributed by atoms with Gasteiger partial charge in [-0.05, 0) is 77.0 Å². The maximum atomic E-state index is 12.9. The number of ether oxygens (including phenoxy) is 3. The van der Waals surface area contributed by atoms with Crippen molar-refractivity contribution in [1.82, 2.24) is 0 Å². The quantitative estimate of drug-likeness (QED) is 0.0261. The fourth-order valence-electron chi connectivity index (χ4n) is 11.3. The Labute approximate surface area is 512 Å². The zero-order valence-electron chi connectivity index (χ0n) is 55.5. The molecule has 6 heteroatoms. The van der Waals surface area contributed by atoms with E-state index in [0.717, 1.165) is 77.0 Å². The maximum absolute atomic E-state index is 12.9.